The van der Waals surface area contributed by atoms with Crippen LogP contribution in [-0.2, 0) is 9.84 Å². The molecule has 0 radical (unpaired) electrons. The van der Waals surface area contributed by atoms with Gasteiger partial charge < -0.3 is 0 Å². The van der Waals surface area contributed by atoms with Crippen LogP contribution in [0.3, 0.4) is 0 Å². The maximum Gasteiger partial charge on any atom is 0.184 e. The van der Waals surface area contributed by atoms with Gasteiger partial charge in [-0.05, 0) is 34.4 Å². The Labute approximate surface area is 172 Å². The molecule has 0 aliphatic heterocycles. The van der Waals surface area contributed by atoms with Crippen molar-refractivity contribution in [1.82, 2.24) is 0 Å². The zero-order valence-electron chi connectivity index (χ0n) is 14.2. The Morgan fingerprint density at radius 3 is 1.70 bits per heavy atom. The van der Waals surface area contributed by atoms with Gasteiger partial charge in [0, 0.05) is 11.8 Å². The molecular weight excluding hydrogens is 444 g/mol. The molecule has 2 bridgehead atoms. The van der Waals surface area contributed by atoms with Crippen molar-refractivity contribution in [2.75, 3.05) is 0 Å². The lowest BCUT2D eigenvalue weighted by molar-refractivity contribution is 0.481. The number of alkyl halides is 2. The standard InChI is InChI=1S/C22H16BrClO2S/c23-22(24)20-17-12-6-4-10-15(17)19(16-11-5-7-13-18(16)20)21(22)27(25,26)14-8-2-1-3-9-14/h1-13,19-21H/t19?,20?,21-,22-/m0/s1. The minimum absolute atomic E-state index is 0.236. The van der Waals surface area contributed by atoms with Crippen LogP contribution in [0, 0.1) is 0 Å². The van der Waals surface area contributed by atoms with Crippen molar-refractivity contribution >= 4 is 37.4 Å². The summed E-state index contributed by atoms with van der Waals surface area (Å²) >= 11 is 10.7. The van der Waals surface area contributed by atoms with E-state index in [2.05, 4.69) is 28.1 Å². The van der Waals surface area contributed by atoms with E-state index in [-0.39, 0.29) is 11.8 Å². The van der Waals surface area contributed by atoms with Crippen molar-refractivity contribution in [2.45, 2.75) is 25.8 Å². The van der Waals surface area contributed by atoms with Crippen LogP contribution in [0.5, 0.6) is 0 Å². The quantitative estimate of drug-likeness (QED) is 0.478. The molecule has 3 aromatic rings. The molecule has 27 heavy (non-hydrogen) atoms. The third-order valence-electron chi connectivity index (χ3n) is 5.76. The topological polar surface area (TPSA) is 34.1 Å². The zero-order chi connectivity index (χ0) is 18.8. The van der Waals surface area contributed by atoms with E-state index in [1.807, 2.05) is 42.5 Å². The molecule has 6 rings (SSSR count). The van der Waals surface area contributed by atoms with Crippen LogP contribution >= 0.6 is 27.5 Å². The first-order valence-corrected chi connectivity index (χ1v) is 11.5. The van der Waals surface area contributed by atoms with Gasteiger partial charge in [0.2, 0.25) is 0 Å². The van der Waals surface area contributed by atoms with Gasteiger partial charge in [-0.3, -0.25) is 0 Å². The first-order chi connectivity index (χ1) is 12.9. The van der Waals surface area contributed by atoms with E-state index in [9.17, 15) is 8.42 Å². The van der Waals surface area contributed by atoms with Crippen LogP contribution in [0.25, 0.3) is 0 Å². The van der Waals surface area contributed by atoms with Gasteiger partial charge in [0.15, 0.2) is 9.84 Å². The molecule has 0 saturated heterocycles. The SMILES string of the molecule is O=S(=O)(c1ccccc1)[C@H]1C2c3ccccc3C(c3ccccc32)[C@@]1(Cl)Br. The maximum absolute atomic E-state index is 13.7. The second-order valence-electron chi connectivity index (χ2n) is 7.12. The summed E-state index contributed by atoms with van der Waals surface area (Å²) in [5.74, 6) is -0.551. The fraction of sp³-hybridized carbons (Fsp3) is 0.182. The molecule has 0 amide bonds. The van der Waals surface area contributed by atoms with E-state index in [0.717, 1.165) is 22.3 Å². The lowest BCUT2D eigenvalue weighted by atomic mass is 9.63. The maximum atomic E-state index is 13.7. The summed E-state index contributed by atoms with van der Waals surface area (Å²) in [4.78, 5) is 0.307. The fourth-order valence-corrected chi connectivity index (χ4v) is 8.96. The predicted octanol–water partition coefficient (Wildman–Crippen LogP) is 5.45. The molecule has 0 spiro atoms. The molecule has 0 N–H and O–H groups in total. The first kappa shape index (κ1) is 17.5. The molecule has 3 aliphatic carbocycles. The van der Waals surface area contributed by atoms with Gasteiger partial charge in [-0.1, -0.05) is 82.7 Å². The molecule has 2 atom stereocenters. The summed E-state index contributed by atoms with van der Waals surface area (Å²) in [6, 6.07) is 24.7. The molecule has 0 saturated carbocycles. The number of fused-ring (bicyclic) bond motifs is 1. The Morgan fingerprint density at radius 1 is 0.741 bits per heavy atom. The van der Waals surface area contributed by atoms with Crippen molar-refractivity contribution < 1.29 is 8.42 Å². The highest BCUT2D eigenvalue weighted by Crippen LogP contribution is 2.64. The van der Waals surface area contributed by atoms with Gasteiger partial charge >= 0.3 is 0 Å². The highest BCUT2D eigenvalue weighted by Gasteiger charge is 2.62. The van der Waals surface area contributed by atoms with Crippen LogP contribution in [0.2, 0.25) is 0 Å². The second-order valence-corrected chi connectivity index (χ2v) is 11.6. The van der Waals surface area contributed by atoms with Crippen molar-refractivity contribution in [1.29, 1.82) is 0 Å². The van der Waals surface area contributed by atoms with Gasteiger partial charge in [0.1, 0.15) is 9.03 Å². The van der Waals surface area contributed by atoms with Crippen molar-refractivity contribution in [3.8, 4) is 0 Å². The second kappa shape index (κ2) is 5.94. The van der Waals surface area contributed by atoms with Crippen molar-refractivity contribution in [3.05, 3.63) is 101 Å². The van der Waals surface area contributed by atoms with Crippen molar-refractivity contribution in [3.63, 3.8) is 0 Å². The molecule has 0 heterocycles. The largest absolute Gasteiger partial charge is 0.223 e. The van der Waals surface area contributed by atoms with Gasteiger partial charge in [-0.25, -0.2) is 8.42 Å². The summed E-state index contributed by atoms with van der Waals surface area (Å²) < 4.78 is 26.3. The first-order valence-electron chi connectivity index (χ1n) is 8.78. The number of benzene rings is 3. The zero-order valence-corrected chi connectivity index (χ0v) is 17.4. The van der Waals surface area contributed by atoms with E-state index >= 15 is 0 Å². The highest BCUT2D eigenvalue weighted by atomic mass is 79.9. The Morgan fingerprint density at radius 2 is 1.19 bits per heavy atom. The summed E-state index contributed by atoms with van der Waals surface area (Å²) in [5, 5.41) is -0.802. The van der Waals surface area contributed by atoms with Gasteiger partial charge in [0.25, 0.3) is 0 Å². The normalized spacial score (nSPS) is 28.4. The van der Waals surface area contributed by atoms with E-state index < -0.39 is 18.9 Å². The Bertz CT molecular complexity index is 1090. The average Bonchev–Trinajstić information content (AvgIpc) is 2.68. The molecule has 2 nitrogen and oxygen atoms in total. The monoisotopic (exact) mass is 458 g/mol. The third kappa shape index (κ3) is 2.33. The number of sulfone groups is 1. The molecule has 0 aromatic heterocycles. The van der Waals surface area contributed by atoms with E-state index in [1.54, 1.807) is 24.3 Å². The summed E-state index contributed by atoms with van der Waals surface area (Å²) in [6.45, 7) is 0. The molecule has 5 heteroatoms. The third-order valence-corrected chi connectivity index (χ3v) is 9.84. The predicted molar refractivity (Wildman–Crippen MR) is 111 cm³/mol. The molecule has 136 valence electrons. The van der Waals surface area contributed by atoms with E-state index in [4.69, 9.17) is 11.6 Å². The summed E-state index contributed by atoms with van der Waals surface area (Å²) in [6.07, 6.45) is 0. The number of halogens is 2. The summed E-state index contributed by atoms with van der Waals surface area (Å²) in [7, 11) is -3.66. The van der Waals surface area contributed by atoms with Crippen LogP contribution in [0.15, 0.2) is 83.8 Å². The Hall–Kier alpha value is -1.62. The smallest absolute Gasteiger partial charge is 0.184 e. The van der Waals surface area contributed by atoms with Crippen LogP contribution in [0.4, 0.5) is 0 Å². The molecule has 0 unspecified atom stereocenters. The van der Waals surface area contributed by atoms with Crippen molar-refractivity contribution in [2.24, 2.45) is 0 Å². The number of rotatable bonds is 2. The van der Waals surface area contributed by atoms with Crippen LogP contribution < -0.4 is 0 Å². The Balaban J connectivity index is 1.83. The van der Waals surface area contributed by atoms with Crippen LogP contribution in [0.1, 0.15) is 34.1 Å². The Kier molecular flexibility index (Phi) is 3.84. The molecule has 3 aromatic carbocycles. The van der Waals surface area contributed by atoms with Gasteiger partial charge in [-0.15, -0.1) is 11.6 Å². The van der Waals surface area contributed by atoms with E-state index in [0.29, 0.717) is 4.90 Å². The molecule has 0 fully saturated rings. The highest BCUT2D eigenvalue weighted by molar-refractivity contribution is 9.10. The summed E-state index contributed by atoms with van der Waals surface area (Å²) in [5.41, 5.74) is 4.32. The minimum Gasteiger partial charge on any atom is -0.223 e. The fourth-order valence-electron chi connectivity index (χ4n) is 4.72. The lowest BCUT2D eigenvalue weighted by Gasteiger charge is -2.52. The minimum atomic E-state index is -3.66. The molecular formula is C22H16BrClO2S. The van der Waals surface area contributed by atoms with E-state index in [1.165, 1.54) is 0 Å². The number of hydrogen-bond acceptors (Lipinski definition) is 2. The average molecular weight is 460 g/mol. The number of hydrogen-bond donors (Lipinski definition) is 0. The molecule has 3 aliphatic rings. The lowest BCUT2D eigenvalue weighted by Crippen LogP contribution is -2.54. The van der Waals surface area contributed by atoms with Gasteiger partial charge in [-0.2, -0.15) is 0 Å². The van der Waals surface area contributed by atoms with Crippen LogP contribution in [-0.4, -0.2) is 17.5 Å². The van der Waals surface area contributed by atoms with Gasteiger partial charge in [0.05, 0.1) is 4.90 Å².